The van der Waals surface area contributed by atoms with Crippen LogP contribution in [-0.4, -0.2) is 16.0 Å². The number of aromatic nitrogens is 2. The van der Waals surface area contributed by atoms with Crippen LogP contribution in [-0.2, 0) is 0 Å². The van der Waals surface area contributed by atoms with Gasteiger partial charge in [-0.3, -0.25) is 0 Å². The van der Waals surface area contributed by atoms with Crippen molar-refractivity contribution in [1.82, 2.24) is 9.97 Å². The number of rotatable bonds is 6. The average molecular weight is 415 g/mol. The van der Waals surface area contributed by atoms with Crippen LogP contribution < -0.4 is 10.6 Å². The van der Waals surface area contributed by atoms with Gasteiger partial charge in [-0.05, 0) is 47.5 Å². The van der Waals surface area contributed by atoms with Gasteiger partial charge in [0.2, 0.25) is 5.95 Å². The van der Waals surface area contributed by atoms with E-state index in [0.29, 0.717) is 16.2 Å². The van der Waals surface area contributed by atoms with E-state index in [-0.39, 0.29) is 11.9 Å². The van der Waals surface area contributed by atoms with Crippen LogP contribution in [0.5, 0.6) is 0 Å². The largest absolute Gasteiger partial charge is 0.352 e. The van der Waals surface area contributed by atoms with Crippen molar-refractivity contribution in [2.75, 3.05) is 10.6 Å². The third-order valence-corrected chi connectivity index (χ3v) is 4.63. The van der Waals surface area contributed by atoms with Crippen molar-refractivity contribution in [3.05, 3.63) is 64.9 Å². The Morgan fingerprint density at radius 3 is 2.54 bits per heavy atom. The lowest BCUT2D eigenvalue weighted by Gasteiger charge is -2.15. The SMILES string of the molecule is CC[C@@H](C)Nc1nc(Nc2ccc(F)cc2Br)cc(-c2ccccc2)n1. The third-order valence-electron chi connectivity index (χ3n) is 3.98. The Labute approximate surface area is 161 Å². The molecule has 0 saturated heterocycles. The molecule has 2 N–H and O–H groups in total. The normalized spacial score (nSPS) is 11.8. The van der Waals surface area contributed by atoms with Crippen molar-refractivity contribution in [3.63, 3.8) is 0 Å². The Morgan fingerprint density at radius 1 is 1.08 bits per heavy atom. The molecule has 0 spiro atoms. The predicted molar refractivity (Wildman–Crippen MR) is 108 cm³/mol. The zero-order valence-corrected chi connectivity index (χ0v) is 16.2. The first kappa shape index (κ1) is 18.3. The lowest BCUT2D eigenvalue weighted by molar-refractivity contribution is 0.627. The number of nitrogens with one attached hydrogen (secondary N) is 2. The summed E-state index contributed by atoms with van der Waals surface area (Å²) in [5.74, 6) is 0.896. The number of hydrogen-bond acceptors (Lipinski definition) is 4. The summed E-state index contributed by atoms with van der Waals surface area (Å²) in [6.07, 6.45) is 0.963. The van der Waals surface area contributed by atoms with Crippen molar-refractivity contribution in [2.45, 2.75) is 26.3 Å². The predicted octanol–water partition coefficient (Wildman–Crippen LogP) is 6.00. The van der Waals surface area contributed by atoms with E-state index in [1.54, 1.807) is 6.07 Å². The van der Waals surface area contributed by atoms with Gasteiger partial charge in [-0.25, -0.2) is 9.37 Å². The van der Waals surface area contributed by atoms with Crippen molar-refractivity contribution >= 4 is 33.4 Å². The summed E-state index contributed by atoms with van der Waals surface area (Å²) < 4.78 is 14.0. The van der Waals surface area contributed by atoms with Crippen LogP contribution in [0, 0.1) is 5.82 Å². The molecule has 3 aromatic rings. The summed E-state index contributed by atoms with van der Waals surface area (Å²) in [7, 11) is 0. The minimum absolute atomic E-state index is 0.256. The molecule has 0 aliphatic rings. The van der Waals surface area contributed by atoms with Gasteiger partial charge < -0.3 is 10.6 Å². The highest BCUT2D eigenvalue weighted by molar-refractivity contribution is 9.10. The second-order valence-corrected chi connectivity index (χ2v) is 6.89. The second-order valence-electron chi connectivity index (χ2n) is 6.03. The fourth-order valence-corrected chi connectivity index (χ4v) is 2.83. The highest BCUT2D eigenvalue weighted by Gasteiger charge is 2.10. The summed E-state index contributed by atoms with van der Waals surface area (Å²) in [4.78, 5) is 9.19. The van der Waals surface area contributed by atoms with E-state index >= 15 is 0 Å². The first-order chi connectivity index (χ1) is 12.5. The van der Waals surface area contributed by atoms with Gasteiger partial charge in [-0.1, -0.05) is 37.3 Å². The van der Waals surface area contributed by atoms with Crippen molar-refractivity contribution in [1.29, 1.82) is 0 Å². The van der Waals surface area contributed by atoms with E-state index in [1.807, 2.05) is 36.4 Å². The van der Waals surface area contributed by atoms with Crippen LogP contribution in [0.2, 0.25) is 0 Å². The number of benzene rings is 2. The number of nitrogens with zero attached hydrogens (tertiary/aromatic N) is 2. The maximum atomic E-state index is 13.3. The summed E-state index contributed by atoms with van der Waals surface area (Å²) in [5.41, 5.74) is 2.55. The molecule has 6 heteroatoms. The third kappa shape index (κ3) is 4.58. The number of halogens is 2. The Bertz CT molecular complexity index is 886. The standard InChI is InChI=1S/C20H20BrFN4/c1-3-13(2)23-20-25-18(14-7-5-4-6-8-14)12-19(26-20)24-17-10-9-15(22)11-16(17)21/h4-13H,3H2,1-2H3,(H2,23,24,25,26)/t13-/m1/s1. The number of hydrogen-bond donors (Lipinski definition) is 2. The average Bonchev–Trinajstić information content (AvgIpc) is 2.64. The topological polar surface area (TPSA) is 49.8 Å². The molecule has 0 bridgehead atoms. The van der Waals surface area contributed by atoms with E-state index in [0.717, 1.165) is 23.4 Å². The summed E-state index contributed by atoms with van der Waals surface area (Å²) >= 11 is 3.38. The summed E-state index contributed by atoms with van der Waals surface area (Å²) in [6, 6.07) is 16.6. The molecule has 4 nitrogen and oxygen atoms in total. The molecule has 0 aliphatic heterocycles. The van der Waals surface area contributed by atoms with Crippen LogP contribution >= 0.6 is 15.9 Å². The Hall–Kier alpha value is -2.47. The van der Waals surface area contributed by atoms with Crippen LogP contribution in [0.1, 0.15) is 20.3 Å². The Balaban J connectivity index is 1.98. The molecule has 0 aliphatic carbocycles. The van der Waals surface area contributed by atoms with Gasteiger partial charge in [0.05, 0.1) is 11.4 Å². The molecule has 134 valence electrons. The van der Waals surface area contributed by atoms with Gasteiger partial charge >= 0.3 is 0 Å². The number of anilines is 3. The second kappa shape index (κ2) is 8.27. The maximum absolute atomic E-state index is 13.3. The molecule has 0 radical (unpaired) electrons. The lowest BCUT2D eigenvalue weighted by atomic mass is 10.1. The van der Waals surface area contributed by atoms with Gasteiger partial charge in [0.1, 0.15) is 11.6 Å². The monoisotopic (exact) mass is 414 g/mol. The lowest BCUT2D eigenvalue weighted by Crippen LogP contribution is -2.16. The van der Waals surface area contributed by atoms with Crippen molar-refractivity contribution < 1.29 is 4.39 Å². The molecule has 1 atom stereocenters. The zero-order chi connectivity index (χ0) is 18.5. The first-order valence-corrected chi connectivity index (χ1v) is 9.27. The van der Waals surface area contributed by atoms with E-state index in [4.69, 9.17) is 0 Å². The van der Waals surface area contributed by atoms with E-state index in [2.05, 4.69) is 50.4 Å². The quantitative estimate of drug-likeness (QED) is 0.519. The zero-order valence-electron chi connectivity index (χ0n) is 14.6. The van der Waals surface area contributed by atoms with E-state index < -0.39 is 0 Å². The van der Waals surface area contributed by atoms with Gasteiger partial charge in [-0.15, -0.1) is 0 Å². The van der Waals surface area contributed by atoms with Gasteiger partial charge in [0, 0.05) is 22.1 Å². The minimum atomic E-state index is -0.297. The molecule has 1 aromatic heterocycles. The van der Waals surface area contributed by atoms with Gasteiger partial charge in [0.25, 0.3) is 0 Å². The highest BCUT2D eigenvalue weighted by atomic mass is 79.9. The summed E-state index contributed by atoms with van der Waals surface area (Å²) in [6.45, 7) is 4.19. The molecule has 3 rings (SSSR count). The maximum Gasteiger partial charge on any atom is 0.225 e. The summed E-state index contributed by atoms with van der Waals surface area (Å²) in [5, 5.41) is 6.55. The molecule has 2 aromatic carbocycles. The highest BCUT2D eigenvalue weighted by Crippen LogP contribution is 2.28. The van der Waals surface area contributed by atoms with Crippen LogP contribution in [0.15, 0.2) is 59.1 Å². The smallest absolute Gasteiger partial charge is 0.225 e. The van der Waals surface area contributed by atoms with E-state index in [1.165, 1.54) is 12.1 Å². The van der Waals surface area contributed by atoms with E-state index in [9.17, 15) is 4.39 Å². The molecule has 26 heavy (non-hydrogen) atoms. The fourth-order valence-electron chi connectivity index (χ4n) is 2.38. The minimum Gasteiger partial charge on any atom is -0.352 e. The Morgan fingerprint density at radius 2 is 1.85 bits per heavy atom. The molecular weight excluding hydrogens is 395 g/mol. The molecule has 0 fully saturated rings. The first-order valence-electron chi connectivity index (χ1n) is 8.48. The molecular formula is C20H20BrFN4. The van der Waals surface area contributed by atoms with Gasteiger partial charge in [-0.2, -0.15) is 4.98 Å². The fraction of sp³-hybridized carbons (Fsp3) is 0.200. The van der Waals surface area contributed by atoms with Crippen LogP contribution in [0.4, 0.5) is 21.8 Å². The van der Waals surface area contributed by atoms with Crippen LogP contribution in [0.25, 0.3) is 11.3 Å². The van der Waals surface area contributed by atoms with Crippen LogP contribution in [0.3, 0.4) is 0 Å². The molecule has 0 amide bonds. The molecule has 1 heterocycles. The van der Waals surface area contributed by atoms with Gasteiger partial charge in [0.15, 0.2) is 0 Å². The van der Waals surface area contributed by atoms with Crippen molar-refractivity contribution in [2.24, 2.45) is 0 Å². The molecule has 0 saturated carbocycles. The molecule has 0 unspecified atom stereocenters. The van der Waals surface area contributed by atoms with Crippen molar-refractivity contribution in [3.8, 4) is 11.3 Å². The Kier molecular flexibility index (Phi) is 5.83.